The molecule has 0 saturated heterocycles. The van der Waals surface area contributed by atoms with Crippen molar-refractivity contribution in [3.63, 3.8) is 0 Å². The summed E-state index contributed by atoms with van der Waals surface area (Å²) in [5.74, 6) is 0.569. The first-order valence-corrected chi connectivity index (χ1v) is 6.48. The molecule has 0 fully saturated rings. The zero-order valence-corrected chi connectivity index (χ0v) is 11.5. The van der Waals surface area contributed by atoms with Crippen molar-refractivity contribution in [3.8, 4) is 17.6 Å². The zero-order valence-electron chi connectivity index (χ0n) is 11.5. The molecule has 2 nitrogen and oxygen atoms in total. The molecule has 0 N–H and O–H groups in total. The van der Waals surface area contributed by atoms with E-state index in [4.69, 9.17) is 10.00 Å². The van der Waals surface area contributed by atoms with E-state index in [9.17, 15) is 13.2 Å². The van der Waals surface area contributed by atoms with Crippen LogP contribution in [0.2, 0.25) is 0 Å². The van der Waals surface area contributed by atoms with Gasteiger partial charge in [0.2, 0.25) is 0 Å². The molecule has 112 valence electrons. The molecule has 0 amide bonds. The van der Waals surface area contributed by atoms with Crippen LogP contribution in [0.1, 0.15) is 17.5 Å². The van der Waals surface area contributed by atoms with Gasteiger partial charge < -0.3 is 4.74 Å². The second-order valence-corrected chi connectivity index (χ2v) is 4.46. The van der Waals surface area contributed by atoms with Crippen LogP contribution in [0.4, 0.5) is 13.2 Å². The molecule has 0 saturated carbocycles. The Balaban J connectivity index is 2.10. The first kappa shape index (κ1) is 15.6. The molecule has 0 aromatic heterocycles. The average Bonchev–Trinajstić information content (AvgIpc) is 2.49. The number of allylic oxidation sites excluding steroid dienone is 1. The molecule has 22 heavy (non-hydrogen) atoms. The predicted octanol–water partition coefficient (Wildman–Crippen LogP) is 5.42. The Kier molecular flexibility index (Phi) is 4.84. The van der Waals surface area contributed by atoms with Gasteiger partial charge in [-0.25, -0.2) is 0 Å². The Hall–Kier alpha value is -2.74. The van der Waals surface area contributed by atoms with Crippen molar-refractivity contribution in [2.75, 3.05) is 0 Å². The number of benzene rings is 2. The van der Waals surface area contributed by atoms with Crippen LogP contribution in [0.25, 0.3) is 6.08 Å². The van der Waals surface area contributed by atoms with Crippen LogP contribution in [-0.4, -0.2) is 0 Å². The van der Waals surface area contributed by atoms with E-state index in [0.717, 1.165) is 17.7 Å². The quantitative estimate of drug-likeness (QED) is 0.755. The number of hydrogen-bond acceptors (Lipinski definition) is 2. The van der Waals surface area contributed by atoms with E-state index in [1.54, 1.807) is 36.4 Å². The lowest BCUT2D eigenvalue weighted by Gasteiger charge is -2.10. The summed E-state index contributed by atoms with van der Waals surface area (Å²) < 4.78 is 43.3. The predicted molar refractivity (Wildman–Crippen MR) is 77.2 cm³/mol. The van der Waals surface area contributed by atoms with Crippen LogP contribution in [-0.2, 0) is 6.18 Å². The maximum atomic E-state index is 12.6. The van der Waals surface area contributed by atoms with Crippen molar-refractivity contribution in [1.82, 2.24) is 0 Å². The summed E-state index contributed by atoms with van der Waals surface area (Å²) in [6.07, 6.45) is -0.558. The number of halogens is 3. The highest BCUT2D eigenvalue weighted by molar-refractivity contribution is 5.51. The number of nitriles is 1. The van der Waals surface area contributed by atoms with Crippen LogP contribution < -0.4 is 4.74 Å². The van der Waals surface area contributed by atoms with Crippen LogP contribution >= 0.6 is 0 Å². The molecule has 2 rings (SSSR count). The molecule has 2 aromatic rings. The first-order chi connectivity index (χ1) is 10.5. The fourth-order valence-corrected chi connectivity index (χ4v) is 1.77. The molecular formula is C17H12F3NO. The van der Waals surface area contributed by atoms with Crippen molar-refractivity contribution < 1.29 is 17.9 Å². The first-order valence-electron chi connectivity index (χ1n) is 6.48. The van der Waals surface area contributed by atoms with E-state index in [1.165, 1.54) is 12.1 Å². The van der Waals surface area contributed by atoms with Gasteiger partial charge in [0.05, 0.1) is 18.1 Å². The summed E-state index contributed by atoms with van der Waals surface area (Å²) in [5, 5.41) is 8.43. The third kappa shape index (κ3) is 4.38. The number of ether oxygens (including phenoxy) is 1. The molecule has 0 heterocycles. The molecule has 0 spiro atoms. The minimum Gasteiger partial charge on any atom is -0.457 e. The van der Waals surface area contributed by atoms with Crippen molar-refractivity contribution in [1.29, 1.82) is 5.26 Å². The number of nitrogens with zero attached hydrogens (tertiary/aromatic N) is 1. The lowest BCUT2D eigenvalue weighted by molar-refractivity contribution is -0.137. The van der Waals surface area contributed by atoms with Gasteiger partial charge in [-0.15, -0.1) is 0 Å². The summed E-state index contributed by atoms with van der Waals surface area (Å²) in [6, 6.07) is 13.6. The molecule has 0 aliphatic heterocycles. The molecular weight excluding hydrogens is 291 g/mol. The van der Waals surface area contributed by atoms with Gasteiger partial charge in [-0.2, -0.15) is 18.4 Å². The summed E-state index contributed by atoms with van der Waals surface area (Å²) in [4.78, 5) is 0. The molecule has 0 aliphatic rings. The maximum absolute atomic E-state index is 12.6. The molecule has 0 atom stereocenters. The van der Waals surface area contributed by atoms with E-state index in [1.807, 2.05) is 6.07 Å². The molecule has 0 aliphatic carbocycles. The number of rotatable bonds is 4. The number of hydrogen-bond donors (Lipinski definition) is 0. The van der Waals surface area contributed by atoms with E-state index in [0.29, 0.717) is 12.2 Å². The third-order valence-electron chi connectivity index (χ3n) is 2.80. The summed E-state index contributed by atoms with van der Waals surface area (Å²) in [7, 11) is 0. The second kappa shape index (κ2) is 6.81. The fourth-order valence-electron chi connectivity index (χ4n) is 1.77. The monoisotopic (exact) mass is 303 g/mol. The largest absolute Gasteiger partial charge is 0.457 e. The lowest BCUT2D eigenvalue weighted by Crippen LogP contribution is -2.04. The van der Waals surface area contributed by atoms with Gasteiger partial charge in [0.1, 0.15) is 11.5 Å². The Morgan fingerprint density at radius 3 is 2.41 bits per heavy atom. The van der Waals surface area contributed by atoms with Gasteiger partial charge in [0.15, 0.2) is 0 Å². The highest BCUT2D eigenvalue weighted by Crippen LogP contribution is 2.32. The van der Waals surface area contributed by atoms with Gasteiger partial charge in [-0.3, -0.25) is 0 Å². The Morgan fingerprint density at radius 2 is 1.77 bits per heavy atom. The molecule has 0 unspecified atom stereocenters. The van der Waals surface area contributed by atoms with E-state index < -0.39 is 11.7 Å². The third-order valence-corrected chi connectivity index (χ3v) is 2.80. The average molecular weight is 303 g/mol. The van der Waals surface area contributed by atoms with Crippen molar-refractivity contribution in [2.24, 2.45) is 0 Å². The van der Waals surface area contributed by atoms with E-state index in [2.05, 4.69) is 0 Å². The van der Waals surface area contributed by atoms with E-state index >= 15 is 0 Å². The molecule has 0 radical (unpaired) electrons. The fraction of sp³-hybridized carbons (Fsp3) is 0.118. The standard InChI is InChI=1S/C17H12F3NO/c18-17(19,20)14-5-3-6-16(12-14)22-15-9-7-13(8-10-15)4-1-2-11-21/h1,3-10,12H,2H2. The van der Waals surface area contributed by atoms with Crippen LogP contribution in [0.5, 0.6) is 11.5 Å². The molecule has 0 bridgehead atoms. The van der Waals surface area contributed by atoms with Gasteiger partial charge in [0, 0.05) is 0 Å². The highest BCUT2D eigenvalue weighted by Gasteiger charge is 2.30. The smallest absolute Gasteiger partial charge is 0.416 e. The molecule has 2 aromatic carbocycles. The Morgan fingerprint density at radius 1 is 1.05 bits per heavy atom. The van der Waals surface area contributed by atoms with Crippen molar-refractivity contribution in [3.05, 3.63) is 65.7 Å². The lowest BCUT2D eigenvalue weighted by atomic mass is 10.2. The van der Waals surface area contributed by atoms with Gasteiger partial charge >= 0.3 is 6.18 Å². The van der Waals surface area contributed by atoms with Crippen LogP contribution in [0.15, 0.2) is 54.6 Å². The minimum absolute atomic E-state index is 0.127. The number of alkyl halides is 3. The van der Waals surface area contributed by atoms with Gasteiger partial charge in [0.25, 0.3) is 0 Å². The van der Waals surface area contributed by atoms with E-state index in [-0.39, 0.29) is 5.75 Å². The Bertz CT molecular complexity index is 697. The summed E-state index contributed by atoms with van der Waals surface area (Å²) >= 11 is 0. The Labute approximate surface area is 126 Å². The van der Waals surface area contributed by atoms with Gasteiger partial charge in [-0.1, -0.05) is 30.4 Å². The topological polar surface area (TPSA) is 33.0 Å². The normalized spacial score (nSPS) is 11.4. The minimum atomic E-state index is -4.39. The van der Waals surface area contributed by atoms with Gasteiger partial charge in [-0.05, 0) is 35.9 Å². The SMILES string of the molecule is N#CCC=Cc1ccc(Oc2cccc(C(F)(F)F)c2)cc1. The zero-order chi connectivity index (χ0) is 16.0. The molecule has 5 heteroatoms. The van der Waals surface area contributed by atoms with Crippen LogP contribution in [0, 0.1) is 11.3 Å². The summed E-state index contributed by atoms with van der Waals surface area (Å²) in [6.45, 7) is 0. The van der Waals surface area contributed by atoms with Crippen molar-refractivity contribution >= 4 is 6.08 Å². The second-order valence-electron chi connectivity index (χ2n) is 4.46. The maximum Gasteiger partial charge on any atom is 0.416 e. The summed E-state index contributed by atoms with van der Waals surface area (Å²) in [5.41, 5.74) is 0.132. The highest BCUT2D eigenvalue weighted by atomic mass is 19.4. The van der Waals surface area contributed by atoms with Crippen LogP contribution in [0.3, 0.4) is 0 Å². The van der Waals surface area contributed by atoms with Crippen molar-refractivity contribution in [2.45, 2.75) is 12.6 Å².